The maximum absolute atomic E-state index is 10.8. The van der Waals surface area contributed by atoms with Crippen LogP contribution in [0.25, 0.3) is 0 Å². The minimum atomic E-state index is -2.33. The maximum Gasteiger partial charge on any atom is 0.500 e. The minimum Gasteiger partial charge on any atom is -0.456 e. The van der Waals surface area contributed by atoms with Crippen LogP contribution in [0.4, 0.5) is 27.6 Å². The molecule has 0 amide bonds. The number of ether oxygens (including phenoxy) is 1. The van der Waals surface area contributed by atoms with Gasteiger partial charge in [-0.15, -0.1) is 13.2 Å². The Kier molecular flexibility index (Phi) is 17.3. The van der Waals surface area contributed by atoms with Crippen molar-refractivity contribution in [2.45, 2.75) is 0 Å². The van der Waals surface area contributed by atoms with E-state index in [1.807, 2.05) is 0 Å². The fourth-order valence-electron chi connectivity index (χ4n) is 0.0655. The second-order valence-corrected chi connectivity index (χ2v) is 1.03. The number of rotatable bonds is 1. The molecule has 0 aliphatic rings. The molecule has 0 aromatic carbocycles. The van der Waals surface area contributed by atoms with Crippen LogP contribution in [0.2, 0.25) is 0 Å². The maximum atomic E-state index is 10.8. The number of carbonyl (C=O) groups is 3. The van der Waals surface area contributed by atoms with Gasteiger partial charge in [0.05, 0.1) is 6.26 Å². The quantitative estimate of drug-likeness (QED) is 0.517. The van der Waals surface area contributed by atoms with Crippen LogP contribution < -0.4 is 0 Å². The highest BCUT2D eigenvalue weighted by Gasteiger charge is 1.87. The van der Waals surface area contributed by atoms with Gasteiger partial charge in [-0.25, -0.2) is 14.4 Å². The Morgan fingerprint density at radius 1 is 1.07 bits per heavy atom. The van der Waals surface area contributed by atoms with Crippen LogP contribution in [0.5, 0.6) is 0 Å². The van der Waals surface area contributed by atoms with E-state index >= 15 is 0 Å². The van der Waals surface area contributed by atoms with Gasteiger partial charge in [0.2, 0.25) is 0 Å². The first-order valence-electron chi connectivity index (χ1n) is 2.47. The van der Waals surface area contributed by atoms with Crippen molar-refractivity contribution in [2.75, 3.05) is 0 Å². The molecule has 0 atom stereocenters. The van der Waals surface area contributed by atoms with Crippen LogP contribution in [-0.2, 0) is 4.74 Å². The first kappa shape index (κ1) is 17.9. The molecule has 0 saturated carbocycles. The second kappa shape index (κ2) is 13.5. The van der Waals surface area contributed by atoms with Gasteiger partial charge in [0, 0.05) is 0 Å². The first-order valence-corrected chi connectivity index (χ1v) is 2.47. The summed E-state index contributed by atoms with van der Waals surface area (Å²) >= 11 is 0. The van der Waals surface area contributed by atoms with E-state index < -0.39 is 18.7 Å². The molecule has 14 heavy (non-hydrogen) atoms. The molecule has 0 rings (SSSR count). The highest BCUT2D eigenvalue weighted by molar-refractivity contribution is 5.58. The van der Waals surface area contributed by atoms with Crippen LogP contribution in [0.3, 0.4) is 0 Å². The molecule has 9 heteroatoms. The molecule has 0 aliphatic heterocycles. The molecular weight excluding hydrogens is 213 g/mol. The number of carbonyl (C=O) groups excluding carboxylic acids is 1. The Labute approximate surface area is 75.2 Å². The molecule has 0 radical (unpaired) electrons. The summed E-state index contributed by atoms with van der Waals surface area (Å²) in [5.41, 5.74) is 0. The molecule has 0 aromatic rings. The molecule has 0 bridgehead atoms. The summed E-state index contributed by atoms with van der Waals surface area (Å²) < 4.78 is 34.1. The van der Waals surface area contributed by atoms with Gasteiger partial charge in [-0.2, -0.15) is 0 Å². The lowest BCUT2D eigenvalue weighted by Crippen LogP contribution is -1.81. The van der Waals surface area contributed by atoms with Crippen molar-refractivity contribution in [2.24, 2.45) is 0 Å². The highest BCUT2D eigenvalue weighted by atomic mass is 19.2. The summed E-state index contributed by atoms with van der Waals surface area (Å²) in [4.78, 5) is 25.8. The average Bonchev–Trinajstić information content (AvgIpc) is 1.82. The molecule has 0 aromatic heterocycles. The zero-order valence-electron chi connectivity index (χ0n) is 6.45. The molecule has 0 spiro atoms. The average molecular weight is 218 g/mol. The zero-order valence-corrected chi connectivity index (χ0v) is 6.45. The Hall–Kier alpha value is -2.06. The molecule has 2 N–H and O–H groups in total. The number of hydrogen-bond donors (Lipinski definition) is 2. The molecule has 6 nitrogen and oxygen atoms in total. The van der Waals surface area contributed by atoms with Gasteiger partial charge in [0.15, 0.2) is 0 Å². The van der Waals surface area contributed by atoms with Gasteiger partial charge >= 0.3 is 18.7 Å². The van der Waals surface area contributed by atoms with Gasteiger partial charge in [-0.3, -0.25) is 0 Å². The molecule has 0 aliphatic carbocycles. The Morgan fingerprint density at radius 2 is 1.29 bits per heavy atom. The fourth-order valence-corrected chi connectivity index (χ4v) is 0.0655. The van der Waals surface area contributed by atoms with Gasteiger partial charge in [-0.1, -0.05) is 6.58 Å². The summed E-state index contributed by atoms with van der Waals surface area (Å²) in [7, 11) is 0. The highest BCUT2D eigenvalue weighted by Crippen LogP contribution is 1.78. The lowest BCUT2D eigenvalue weighted by Gasteiger charge is -1.78. The number of hydrogen-bond acceptors (Lipinski definition) is 4. The van der Waals surface area contributed by atoms with Crippen molar-refractivity contribution in [3.8, 4) is 0 Å². The fraction of sp³-hybridized carbons (Fsp3) is 0. The standard InChI is InChI=1S/C3H3FO2.2CHFO2/c1-2-6-3(4)5;2*2-1(3)4/h2H,1H2;2*(H,3,4). The first-order chi connectivity index (χ1) is 6.23. The van der Waals surface area contributed by atoms with Crippen LogP contribution in [0.15, 0.2) is 12.8 Å². The van der Waals surface area contributed by atoms with E-state index in [2.05, 4.69) is 11.3 Å². The lowest BCUT2D eigenvalue weighted by atomic mass is 11.1. The Balaban J connectivity index is -0.000000135. The van der Waals surface area contributed by atoms with E-state index in [-0.39, 0.29) is 0 Å². The van der Waals surface area contributed by atoms with Crippen molar-refractivity contribution in [1.82, 2.24) is 0 Å². The van der Waals surface area contributed by atoms with Gasteiger partial charge in [-0.05, 0) is 0 Å². The molecule has 0 unspecified atom stereocenters. The van der Waals surface area contributed by atoms with Gasteiger partial charge < -0.3 is 14.9 Å². The summed E-state index contributed by atoms with van der Waals surface area (Å²) in [6.45, 7) is 2.92. The summed E-state index contributed by atoms with van der Waals surface area (Å²) in [6.07, 6.45) is -5.77. The smallest absolute Gasteiger partial charge is 0.456 e. The summed E-state index contributed by atoms with van der Waals surface area (Å²) in [5.74, 6) is 0. The van der Waals surface area contributed by atoms with Crippen molar-refractivity contribution >= 4 is 18.7 Å². The molecular formula is C5H5F3O6. The van der Waals surface area contributed by atoms with E-state index in [0.717, 1.165) is 6.26 Å². The molecule has 0 saturated heterocycles. The third-order valence-corrected chi connectivity index (χ3v) is 0.176. The largest absolute Gasteiger partial charge is 0.500 e. The predicted molar refractivity (Wildman–Crippen MR) is 36.1 cm³/mol. The second-order valence-electron chi connectivity index (χ2n) is 1.03. The van der Waals surface area contributed by atoms with Crippen molar-refractivity contribution in [3.63, 3.8) is 0 Å². The number of carboxylic acid groups (broad SMARTS) is 2. The van der Waals surface area contributed by atoms with Gasteiger partial charge in [0.25, 0.3) is 0 Å². The third-order valence-electron chi connectivity index (χ3n) is 0.176. The molecule has 82 valence electrons. The summed E-state index contributed by atoms with van der Waals surface area (Å²) in [5, 5.41) is 13.5. The Bertz CT molecular complexity index is 184. The zero-order chi connectivity index (χ0) is 12.1. The lowest BCUT2D eigenvalue weighted by molar-refractivity contribution is 0.159. The monoisotopic (exact) mass is 218 g/mol. The van der Waals surface area contributed by atoms with Crippen molar-refractivity contribution in [1.29, 1.82) is 0 Å². The van der Waals surface area contributed by atoms with E-state index in [9.17, 15) is 13.2 Å². The van der Waals surface area contributed by atoms with E-state index in [1.165, 1.54) is 0 Å². The van der Waals surface area contributed by atoms with E-state index in [1.54, 1.807) is 0 Å². The van der Waals surface area contributed by atoms with Gasteiger partial charge in [0.1, 0.15) is 0 Å². The SMILES string of the molecule is C=COC(=O)F.O=C(O)F.O=C(O)F. The van der Waals surface area contributed by atoms with Crippen LogP contribution in [0.1, 0.15) is 0 Å². The topological polar surface area (TPSA) is 101 Å². The van der Waals surface area contributed by atoms with Crippen molar-refractivity contribution < 1.29 is 42.5 Å². The molecule has 0 heterocycles. The van der Waals surface area contributed by atoms with E-state index in [4.69, 9.17) is 24.6 Å². The predicted octanol–water partition coefficient (Wildman–Crippen LogP) is 2.50. The molecule has 0 fully saturated rings. The van der Waals surface area contributed by atoms with Crippen LogP contribution in [-0.4, -0.2) is 28.9 Å². The minimum absolute atomic E-state index is 0.725. The summed E-state index contributed by atoms with van der Waals surface area (Å²) in [6, 6.07) is 0. The normalized spacial score (nSPS) is 6.50. The Morgan fingerprint density at radius 3 is 1.29 bits per heavy atom. The van der Waals surface area contributed by atoms with Crippen LogP contribution in [0, 0.1) is 0 Å². The van der Waals surface area contributed by atoms with Crippen LogP contribution >= 0.6 is 0 Å². The van der Waals surface area contributed by atoms with Crippen molar-refractivity contribution in [3.05, 3.63) is 12.8 Å². The third kappa shape index (κ3) is 899. The number of halogens is 3. The van der Waals surface area contributed by atoms with E-state index in [0.29, 0.717) is 0 Å².